The lowest BCUT2D eigenvalue weighted by atomic mass is 10.2. The molecule has 1 fully saturated rings. The molecule has 1 aliphatic carbocycles. The van der Waals surface area contributed by atoms with Crippen molar-refractivity contribution in [1.29, 1.82) is 0 Å². The van der Waals surface area contributed by atoms with E-state index in [-0.39, 0.29) is 5.92 Å². The zero-order valence-corrected chi connectivity index (χ0v) is 7.63. The summed E-state index contributed by atoms with van der Waals surface area (Å²) >= 11 is 0. The Morgan fingerprint density at radius 1 is 1.45 bits per heavy atom. The van der Waals surface area contributed by atoms with Crippen molar-refractivity contribution in [3.8, 4) is 0 Å². The molecule has 0 aromatic rings. The summed E-state index contributed by atoms with van der Waals surface area (Å²) in [5.41, 5.74) is 0. The minimum atomic E-state index is -3.06. The largest absolute Gasteiger partial charge is 0.392 e. The van der Waals surface area contributed by atoms with Gasteiger partial charge in [-0.2, -0.15) is 0 Å². The lowest BCUT2D eigenvalue weighted by Crippen LogP contribution is -2.32. The summed E-state index contributed by atoms with van der Waals surface area (Å²) in [6, 6.07) is 0. The topological polar surface area (TPSA) is 54.4 Å². The van der Waals surface area contributed by atoms with Crippen molar-refractivity contribution in [1.82, 2.24) is 0 Å². The van der Waals surface area contributed by atoms with Crippen molar-refractivity contribution in [3.63, 3.8) is 0 Å². The minimum Gasteiger partial charge on any atom is -0.392 e. The number of aliphatic hydroxyl groups excluding tert-OH is 1. The molecule has 1 rings (SSSR count). The highest BCUT2D eigenvalue weighted by atomic mass is 32.2. The number of aliphatic hydroxyl groups is 1. The van der Waals surface area contributed by atoms with Crippen molar-refractivity contribution >= 4 is 9.84 Å². The van der Waals surface area contributed by atoms with Crippen molar-refractivity contribution < 1.29 is 13.5 Å². The summed E-state index contributed by atoms with van der Waals surface area (Å²) in [6.45, 7) is 1.57. The molecule has 1 aliphatic rings. The molecule has 0 radical (unpaired) electrons. The Morgan fingerprint density at radius 2 is 1.91 bits per heavy atom. The molecular formula is C7H14O3S. The summed E-state index contributed by atoms with van der Waals surface area (Å²) in [5.74, 6) is 0.236. The van der Waals surface area contributed by atoms with Gasteiger partial charge >= 0.3 is 0 Å². The Hall–Kier alpha value is -0.0900. The molecule has 0 aliphatic heterocycles. The van der Waals surface area contributed by atoms with Gasteiger partial charge in [0.15, 0.2) is 9.84 Å². The first-order valence-electron chi connectivity index (χ1n) is 3.80. The fraction of sp³-hybridized carbons (Fsp3) is 1.00. The van der Waals surface area contributed by atoms with Crippen LogP contribution in [-0.2, 0) is 9.84 Å². The molecule has 3 nitrogen and oxygen atoms in total. The van der Waals surface area contributed by atoms with Gasteiger partial charge in [-0.1, -0.05) is 0 Å². The highest BCUT2D eigenvalue weighted by molar-refractivity contribution is 7.91. The van der Waals surface area contributed by atoms with E-state index in [1.165, 1.54) is 6.26 Å². The lowest BCUT2D eigenvalue weighted by Gasteiger charge is -2.15. The zero-order valence-electron chi connectivity index (χ0n) is 6.82. The molecule has 0 heterocycles. The Labute approximate surface area is 67.3 Å². The second-order valence-electron chi connectivity index (χ2n) is 3.36. The van der Waals surface area contributed by atoms with Gasteiger partial charge in [0.1, 0.15) is 0 Å². The molecule has 0 saturated heterocycles. The van der Waals surface area contributed by atoms with E-state index in [9.17, 15) is 13.5 Å². The van der Waals surface area contributed by atoms with Crippen LogP contribution in [0.3, 0.4) is 0 Å². The van der Waals surface area contributed by atoms with Crippen LogP contribution in [-0.4, -0.2) is 31.1 Å². The maximum absolute atomic E-state index is 10.9. The van der Waals surface area contributed by atoms with Crippen LogP contribution in [0.25, 0.3) is 0 Å². The molecule has 4 heteroatoms. The van der Waals surface area contributed by atoms with E-state index >= 15 is 0 Å². The summed E-state index contributed by atoms with van der Waals surface area (Å²) < 4.78 is 21.9. The van der Waals surface area contributed by atoms with Gasteiger partial charge in [0.25, 0.3) is 0 Å². The summed E-state index contributed by atoms with van der Waals surface area (Å²) in [7, 11) is -3.06. The first kappa shape index (κ1) is 9.00. The highest BCUT2D eigenvalue weighted by Gasteiger charge is 2.37. The molecule has 0 bridgehead atoms. The van der Waals surface area contributed by atoms with Crippen molar-refractivity contribution in [2.45, 2.75) is 31.1 Å². The van der Waals surface area contributed by atoms with E-state index in [2.05, 4.69) is 0 Å². The third kappa shape index (κ3) is 2.17. The second kappa shape index (κ2) is 2.75. The average molecular weight is 178 g/mol. The van der Waals surface area contributed by atoms with Crippen LogP contribution in [0.4, 0.5) is 0 Å². The van der Waals surface area contributed by atoms with Gasteiger partial charge in [-0.25, -0.2) is 8.42 Å². The molecule has 0 amide bonds. The maximum Gasteiger partial charge on any atom is 0.152 e. The molecule has 1 N–H and O–H groups in total. The quantitative estimate of drug-likeness (QED) is 0.671. The molecule has 66 valence electrons. The molecule has 0 spiro atoms. The third-order valence-electron chi connectivity index (χ3n) is 2.26. The van der Waals surface area contributed by atoms with E-state index in [0.29, 0.717) is 0 Å². The van der Waals surface area contributed by atoms with Crippen LogP contribution in [0.2, 0.25) is 0 Å². The standard InChI is InChI=1S/C7H14O3S/c1-5(11(2,9)10)7(8)6-3-4-6/h5-8H,3-4H2,1-2H3/t5-,7-/m1/s1. The van der Waals surface area contributed by atoms with Gasteiger partial charge in [-0.05, 0) is 25.7 Å². The van der Waals surface area contributed by atoms with Crippen LogP contribution >= 0.6 is 0 Å². The van der Waals surface area contributed by atoms with Crippen LogP contribution in [0.5, 0.6) is 0 Å². The maximum atomic E-state index is 10.9. The van der Waals surface area contributed by atoms with E-state index in [1.54, 1.807) is 6.92 Å². The van der Waals surface area contributed by atoms with E-state index in [1.807, 2.05) is 0 Å². The van der Waals surface area contributed by atoms with Gasteiger partial charge in [0, 0.05) is 6.26 Å². The van der Waals surface area contributed by atoms with Gasteiger partial charge in [-0.15, -0.1) is 0 Å². The number of hydrogen-bond donors (Lipinski definition) is 1. The van der Waals surface area contributed by atoms with Gasteiger partial charge < -0.3 is 5.11 Å². The average Bonchev–Trinajstić information content (AvgIpc) is 2.63. The fourth-order valence-electron chi connectivity index (χ4n) is 1.07. The monoisotopic (exact) mass is 178 g/mol. The van der Waals surface area contributed by atoms with Gasteiger partial charge in [0.05, 0.1) is 11.4 Å². The minimum absolute atomic E-state index is 0.236. The first-order valence-corrected chi connectivity index (χ1v) is 5.75. The highest BCUT2D eigenvalue weighted by Crippen LogP contribution is 2.35. The molecule has 0 unspecified atom stereocenters. The lowest BCUT2D eigenvalue weighted by molar-refractivity contribution is 0.150. The van der Waals surface area contributed by atoms with Crippen LogP contribution < -0.4 is 0 Å². The molecule has 2 atom stereocenters. The Kier molecular flexibility index (Phi) is 2.25. The normalized spacial score (nSPS) is 24.6. The second-order valence-corrected chi connectivity index (χ2v) is 5.77. The first-order chi connectivity index (χ1) is 4.93. The Bertz CT molecular complexity index is 228. The summed E-state index contributed by atoms with van der Waals surface area (Å²) in [5, 5.41) is 8.81. The molecule has 0 aromatic carbocycles. The molecule has 0 aromatic heterocycles. The molecular weight excluding hydrogens is 164 g/mol. The predicted octanol–water partition coefficient (Wildman–Crippen LogP) is 0.190. The van der Waals surface area contributed by atoms with Gasteiger partial charge in [-0.3, -0.25) is 0 Å². The fourth-order valence-corrected chi connectivity index (χ4v) is 1.80. The zero-order chi connectivity index (χ0) is 8.65. The summed E-state index contributed by atoms with van der Waals surface area (Å²) in [4.78, 5) is 0. The predicted molar refractivity (Wildman–Crippen MR) is 43.0 cm³/mol. The number of sulfone groups is 1. The van der Waals surface area contributed by atoms with E-state index < -0.39 is 21.2 Å². The molecule has 11 heavy (non-hydrogen) atoms. The number of hydrogen-bond acceptors (Lipinski definition) is 3. The SMILES string of the molecule is C[C@H]([C@@H](O)C1CC1)S(C)(=O)=O. The number of rotatable bonds is 3. The summed E-state index contributed by atoms with van der Waals surface area (Å²) in [6.07, 6.45) is 2.47. The smallest absolute Gasteiger partial charge is 0.152 e. The van der Waals surface area contributed by atoms with Crippen LogP contribution in [0.15, 0.2) is 0 Å². The van der Waals surface area contributed by atoms with Crippen molar-refractivity contribution in [2.24, 2.45) is 5.92 Å². The van der Waals surface area contributed by atoms with Crippen molar-refractivity contribution in [2.75, 3.05) is 6.26 Å². The van der Waals surface area contributed by atoms with Crippen LogP contribution in [0.1, 0.15) is 19.8 Å². The third-order valence-corrected chi connectivity index (χ3v) is 3.89. The van der Waals surface area contributed by atoms with Gasteiger partial charge in [0.2, 0.25) is 0 Å². The van der Waals surface area contributed by atoms with E-state index in [0.717, 1.165) is 12.8 Å². The van der Waals surface area contributed by atoms with Crippen LogP contribution in [0, 0.1) is 5.92 Å². The van der Waals surface area contributed by atoms with Crippen molar-refractivity contribution in [3.05, 3.63) is 0 Å². The van der Waals surface area contributed by atoms with E-state index in [4.69, 9.17) is 0 Å². The Morgan fingerprint density at radius 3 is 2.18 bits per heavy atom. The molecule has 1 saturated carbocycles. The Balaban J connectivity index is 2.59.